The molecule has 0 aliphatic carbocycles. The molecule has 29 heavy (non-hydrogen) atoms. The molecule has 5 rings (SSSR count). The molecular formula is C23H23N3O3. The number of amides is 2. The van der Waals surface area contributed by atoms with Crippen LogP contribution in [0.1, 0.15) is 29.8 Å². The Hall–Kier alpha value is -3.28. The van der Waals surface area contributed by atoms with Crippen LogP contribution in [-0.2, 0) is 16.0 Å². The third-order valence-corrected chi connectivity index (χ3v) is 6.16. The summed E-state index contributed by atoms with van der Waals surface area (Å²) >= 11 is 0. The predicted octanol–water partition coefficient (Wildman–Crippen LogP) is 2.88. The van der Waals surface area contributed by atoms with E-state index in [2.05, 4.69) is 11.1 Å². The van der Waals surface area contributed by atoms with Crippen LogP contribution in [0, 0.1) is 0 Å². The molecule has 148 valence electrons. The van der Waals surface area contributed by atoms with Crippen LogP contribution in [0.5, 0.6) is 5.75 Å². The van der Waals surface area contributed by atoms with Crippen LogP contribution in [0.2, 0.25) is 0 Å². The zero-order valence-electron chi connectivity index (χ0n) is 16.5. The van der Waals surface area contributed by atoms with Gasteiger partial charge in [-0.15, -0.1) is 0 Å². The lowest BCUT2D eigenvalue weighted by molar-refractivity contribution is -0.158. The molecule has 0 radical (unpaired) electrons. The van der Waals surface area contributed by atoms with Crippen molar-refractivity contribution in [2.45, 2.75) is 25.4 Å². The molecule has 1 aromatic heterocycles. The fraction of sp³-hybridized carbons (Fsp3) is 0.304. The molecule has 0 saturated carbocycles. The number of benzene rings is 2. The van der Waals surface area contributed by atoms with Gasteiger partial charge in [-0.1, -0.05) is 30.3 Å². The van der Waals surface area contributed by atoms with Gasteiger partial charge in [-0.05, 0) is 36.2 Å². The Morgan fingerprint density at radius 2 is 1.86 bits per heavy atom. The number of nitrogens with one attached hydrogen (secondary N) is 1. The van der Waals surface area contributed by atoms with Gasteiger partial charge >= 0.3 is 0 Å². The van der Waals surface area contributed by atoms with Gasteiger partial charge in [-0.2, -0.15) is 0 Å². The van der Waals surface area contributed by atoms with E-state index >= 15 is 0 Å². The third-order valence-electron chi connectivity index (χ3n) is 6.16. The maximum Gasteiger partial charge on any atom is 0.246 e. The summed E-state index contributed by atoms with van der Waals surface area (Å²) in [7, 11) is 1.63. The molecule has 1 N–H and O–H groups in total. The number of rotatable bonds is 3. The van der Waals surface area contributed by atoms with Gasteiger partial charge in [0.25, 0.3) is 0 Å². The molecule has 0 spiro atoms. The minimum Gasteiger partial charge on any atom is -0.497 e. The Kier molecular flexibility index (Phi) is 4.08. The van der Waals surface area contributed by atoms with Crippen LogP contribution in [0.3, 0.4) is 0 Å². The molecule has 1 fully saturated rings. The average Bonchev–Trinajstić information content (AvgIpc) is 3.13. The van der Waals surface area contributed by atoms with Gasteiger partial charge in [0.05, 0.1) is 19.7 Å². The Balaban J connectivity index is 1.71. The Morgan fingerprint density at radius 1 is 1.10 bits per heavy atom. The first-order chi connectivity index (χ1) is 14.1. The molecule has 6 heteroatoms. The van der Waals surface area contributed by atoms with E-state index in [9.17, 15) is 9.59 Å². The van der Waals surface area contributed by atoms with Crippen molar-refractivity contribution in [3.8, 4) is 5.75 Å². The SMILES string of the molecule is CCN1CC(=O)N2[C@@H](c3ccc(OC)cc3)c3[nH]c4ccccc4c3C[C@@H]2C1=O. The van der Waals surface area contributed by atoms with E-state index in [1.165, 1.54) is 0 Å². The molecule has 6 nitrogen and oxygen atoms in total. The molecule has 0 bridgehead atoms. The second kappa shape index (κ2) is 6.65. The lowest BCUT2D eigenvalue weighted by atomic mass is 9.86. The highest BCUT2D eigenvalue weighted by Crippen LogP contribution is 2.42. The van der Waals surface area contributed by atoms with Gasteiger partial charge < -0.3 is 19.5 Å². The van der Waals surface area contributed by atoms with Crippen molar-refractivity contribution in [3.63, 3.8) is 0 Å². The molecule has 2 aliphatic heterocycles. The first-order valence-electron chi connectivity index (χ1n) is 9.95. The van der Waals surface area contributed by atoms with Crippen LogP contribution >= 0.6 is 0 Å². The Bertz CT molecular complexity index is 1100. The number of carbonyl (C=O) groups excluding carboxylic acids is 2. The summed E-state index contributed by atoms with van der Waals surface area (Å²) in [4.78, 5) is 33.3. The van der Waals surface area contributed by atoms with Gasteiger partial charge in [-0.3, -0.25) is 9.59 Å². The van der Waals surface area contributed by atoms with Crippen molar-refractivity contribution in [1.82, 2.24) is 14.8 Å². The van der Waals surface area contributed by atoms with Gasteiger partial charge in [0.1, 0.15) is 11.8 Å². The highest BCUT2D eigenvalue weighted by atomic mass is 16.5. The van der Waals surface area contributed by atoms with Crippen molar-refractivity contribution in [2.75, 3.05) is 20.2 Å². The molecule has 2 aromatic carbocycles. The van der Waals surface area contributed by atoms with Crippen LogP contribution in [0.15, 0.2) is 48.5 Å². The molecule has 2 amide bonds. The third kappa shape index (κ3) is 2.63. The number of aromatic nitrogens is 1. The number of carbonyl (C=O) groups is 2. The van der Waals surface area contributed by atoms with Crippen molar-refractivity contribution in [1.29, 1.82) is 0 Å². The lowest BCUT2D eigenvalue weighted by Gasteiger charge is -2.47. The molecular weight excluding hydrogens is 366 g/mol. The number of H-pyrrole nitrogens is 1. The zero-order valence-corrected chi connectivity index (χ0v) is 16.5. The van der Waals surface area contributed by atoms with Crippen LogP contribution < -0.4 is 4.74 Å². The number of aromatic amines is 1. The monoisotopic (exact) mass is 389 g/mol. The maximum atomic E-state index is 13.2. The number of hydrogen-bond acceptors (Lipinski definition) is 3. The number of hydrogen-bond donors (Lipinski definition) is 1. The highest BCUT2D eigenvalue weighted by molar-refractivity contribution is 5.97. The van der Waals surface area contributed by atoms with E-state index in [1.807, 2.05) is 49.4 Å². The quantitative estimate of drug-likeness (QED) is 0.749. The predicted molar refractivity (Wildman–Crippen MR) is 110 cm³/mol. The maximum absolute atomic E-state index is 13.2. The topological polar surface area (TPSA) is 65.6 Å². The number of ether oxygens (including phenoxy) is 1. The molecule has 2 atom stereocenters. The summed E-state index contributed by atoms with van der Waals surface area (Å²) in [6.45, 7) is 2.60. The molecule has 3 heterocycles. The van der Waals surface area contributed by atoms with E-state index in [0.717, 1.165) is 33.5 Å². The summed E-state index contributed by atoms with van der Waals surface area (Å²) in [5.41, 5.74) is 4.12. The summed E-state index contributed by atoms with van der Waals surface area (Å²) in [6.07, 6.45) is 0.535. The normalized spacial score (nSPS) is 21.3. The summed E-state index contributed by atoms with van der Waals surface area (Å²) in [5.74, 6) is 0.777. The van der Waals surface area contributed by atoms with Crippen molar-refractivity contribution in [3.05, 3.63) is 65.4 Å². The summed E-state index contributed by atoms with van der Waals surface area (Å²) in [6, 6.07) is 15.1. The van der Waals surface area contributed by atoms with E-state index in [-0.39, 0.29) is 24.4 Å². The standard InChI is InChI=1S/C23H23N3O3/c1-3-25-13-20(27)26-19(23(25)28)12-17-16-6-4-5-7-18(16)24-21(17)22(26)14-8-10-15(29-2)11-9-14/h4-11,19,22,24H,3,12-13H2,1-2H3/t19-,22+/m1/s1. The highest BCUT2D eigenvalue weighted by Gasteiger charge is 2.47. The van der Waals surface area contributed by atoms with Crippen LogP contribution in [0.4, 0.5) is 0 Å². The smallest absolute Gasteiger partial charge is 0.246 e. The largest absolute Gasteiger partial charge is 0.497 e. The average molecular weight is 389 g/mol. The Labute approximate surface area is 169 Å². The number of piperazine rings is 1. The van der Waals surface area contributed by atoms with Crippen molar-refractivity contribution in [2.24, 2.45) is 0 Å². The van der Waals surface area contributed by atoms with Crippen molar-refractivity contribution >= 4 is 22.7 Å². The van der Waals surface area contributed by atoms with Crippen LogP contribution in [-0.4, -0.2) is 52.8 Å². The molecule has 3 aromatic rings. The first-order valence-corrected chi connectivity index (χ1v) is 9.95. The van der Waals surface area contributed by atoms with E-state index in [4.69, 9.17) is 4.74 Å². The Morgan fingerprint density at radius 3 is 2.59 bits per heavy atom. The lowest BCUT2D eigenvalue weighted by Crippen LogP contribution is -2.62. The van der Waals surface area contributed by atoms with Gasteiger partial charge in [0.2, 0.25) is 11.8 Å². The second-order valence-corrected chi connectivity index (χ2v) is 7.61. The molecule has 0 unspecified atom stereocenters. The molecule has 1 saturated heterocycles. The number of fused-ring (bicyclic) bond motifs is 4. The van der Waals surface area contributed by atoms with E-state index < -0.39 is 6.04 Å². The number of likely N-dealkylation sites (N-methyl/N-ethyl adjacent to an activating group) is 1. The van der Waals surface area contributed by atoms with Gasteiger partial charge in [0.15, 0.2) is 0 Å². The summed E-state index contributed by atoms with van der Waals surface area (Å²) < 4.78 is 5.30. The van der Waals surface area contributed by atoms with Crippen LogP contribution in [0.25, 0.3) is 10.9 Å². The van der Waals surface area contributed by atoms with Gasteiger partial charge in [-0.25, -0.2) is 0 Å². The van der Waals surface area contributed by atoms with Gasteiger partial charge in [0, 0.05) is 29.6 Å². The minimum absolute atomic E-state index is 0.0124. The second-order valence-electron chi connectivity index (χ2n) is 7.61. The fourth-order valence-electron chi connectivity index (χ4n) is 4.72. The van der Waals surface area contributed by atoms with Crippen molar-refractivity contribution < 1.29 is 14.3 Å². The minimum atomic E-state index is -0.477. The fourth-order valence-corrected chi connectivity index (χ4v) is 4.72. The van der Waals surface area contributed by atoms with E-state index in [1.54, 1.807) is 16.9 Å². The number of methoxy groups -OCH3 is 1. The van der Waals surface area contributed by atoms with E-state index in [0.29, 0.717) is 13.0 Å². The first kappa shape index (κ1) is 17.8. The summed E-state index contributed by atoms with van der Waals surface area (Å²) in [5, 5.41) is 1.12. The molecule has 2 aliphatic rings. The zero-order chi connectivity index (χ0) is 20.1. The number of nitrogens with zero attached hydrogens (tertiary/aromatic N) is 2. The number of para-hydroxylation sites is 1.